The Bertz CT molecular complexity index is 1390. The van der Waals surface area contributed by atoms with Crippen LogP contribution in [0.2, 0.25) is 0 Å². The van der Waals surface area contributed by atoms with Gasteiger partial charge in [0, 0.05) is 28.9 Å². The maximum Gasteiger partial charge on any atom is 0.194 e. The summed E-state index contributed by atoms with van der Waals surface area (Å²) in [4.78, 5) is 13.7. The number of aromatic nitrogens is 4. The Kier molecular flexibility index (Phi) is 3.27. The van der Waals surface area contributed by atoms with Gasteiger partial charge < -0.3 is 9.40 Å². The Morgan fingerprint density at radius 2 is 1.79 bits per heavy atom. The van der Waals surface area contributed by atoms with Crippen LogP contribution in [0.5, 0.6) is 0 Å². The topological polar surface area (TPSA) is 59.1 Å². The molecule has 2 aromatic carbocycles. The number of benzene rings is 2. The van der Waals surface area contributed by atoms with Crippen molar-refractivity contribution in [1.29, 1.82) is 0 Å². The highest BCUT2D eigenvalue weighted by atomic mass is 32.1. The van der Waals surface area contributed by atoms with Gasteiger partial charge in [0.05, 0.1) is 16.7 Å². The number of thiazole rings is 1. The number of imidazole rings is 2. The Labute approximate surface area is 163 Å². The second-order valence-electron chi connectivity index (χ2n) is 6.57. The maximum absolute atomic E-state index is 6.02. The molecular weight excluding hydrogens is 368 g/mol. The van der Waals surface area contributed by atoms with Crippen LogP contribution in [0.1, 0.15) is 0 Å². The lowest BCUT2D eigenvalue weighted by molar-refractivity contribution is 0.593. The SMILES string of the molecule is c1ccc(-c2ccc(-c3nc4ccc(-c5cn6ccsc6n5)cc4[nH]3)o2)cc1. The molecule has 0 unspecified atom stereocenters. The van der Waals surface area contributed by atoms with E-state index in [1.54, 1.807) is 11.3 Å². The van der Waals surface area contributed by atoms with Crippen molar-refractivity contribution in [1.82, 2.24) is 19.4 Å². The molecule has 0 saturated heterocycles. The van der Waals surface area contributed by atoms with Gasteiger partial charge in [0.1, 0.15) is 5.76 Å². The van der Waals surface area contributed by atoms with Crippen LogP contribution in [0, 0.1) is 0 Å². The Morgan fingerprint density at radius 1 is 0.893 bits per heavy atom. The summed E-state index contributed by atoms with van der Waals surface area (Å²) in [6.45, 7) is 0. The van der Waals surface area contributed by atoms with Gasteiger partial charge in [-0.25, -0.2) is 9.97 Å². The van der Waals surface area contributed by atoms with Gasteiger partial charge >= 0.3 is 0 Å². The minimum atomic E-state index is 0.721. The van der Waals surface area contributed by atoms with E-state index < -0.39 is 0 Å². The van der Waals surface area contributed by atoms with Crippen LogP contribution in [0.15, 0.2) is 82.9 Å². The molecule has 0 bridgehead atoms. The molecule has 0 fully saturated rings. The van der Waals surface area contributed by atoms with Crippen LogP contribution in [0.25, 0.3) is 50.2 Å². The van der Waals surface area contributed by atoms with Gasteiger partial charge in [-0.15, -0.1) is 11.3 Å². The minimum absolute atomic E-state index is 0.721. The van der Waals surface area contributed by atoms with E-state index in [4.69, 9.17) is 4.42 Å². The van der Waals surface area contributed by atoms with Crippen molar-refractivity contribution < 1.29 is 4.42 Å². The fourth-order valence-corrected chi connectivity index (χ4v) is 4.07. The molecule has 0 aliphatic heterocycles. The molecule has 0 saturated carbocycles. The van der Waals surface area contributed by atoms with Crippen LogP contribution < -0.4 is 0 Å². The van der Waals surface area contributed by atoms with E-state index in [-0.39, 0.29) is 0 Å². The van der Waals surface area contributed by atoms with Gasteiger partial charge in [-0.2, -0.15) is 0 Å². The number of rotatable bonds is 3. The van der Waals surface area contributed by atoms with E-state index in [0.717, 1.165) is 50.2 Å². The number of nitrogens with one attached hydrogen (secondary N) is 1. The minimum Gasteiger partial charge on any atom is -0.453 e. The molecule has 0 amide bonds. The Balaban J connectivity index is 1.39. The van der Waals surface area contributed by atoms with Gasteiger partial charge in [0.15, 0.2) is 16.5 Å². The molecule has 6 heteroatoms. The maximum atomic E-state index is 6.02. The number of H-pyrrole nitrogens is 1. The van der Waals surface area contributed by atoms with E-state index >= 15 is 0 Å². The van der Waals surface area contributed by atoms with Crippen LogP contribution >= 0.6 is 11.3 Å². The molecule has 0 aliphatic rings. The number of hydrogen-bond donors (Lipinski definition) is 1. The zero-order valence-electron chi connectivity index (χ0n) is 14.7. The van der Waals surface area contributed by atoms with Crippen molar-refractivity contribution >= 4 is 27.3 Å². The smallest absolute Gasteiger partial charge is 0.194 e. The molecule has 0 spiro atoms. The van der Waals surface area contributed by atoms with Crippen molar-refractivity contribution in [3.8, 4) is 34.2 Å². The fraction of sp³-hybridized carbons (Fsp3) is 0. The standard InChI is InChI=1S/C22H14N4OS/c1-2-4-14(5-3-1)19-8-9-20(27-19)21-23-16-7-6-15(12-17(16)24-21)18-13-26-10-11-28-22(26)25-18/h1-13H,(H,23,24). The molecule has 4 heterocycles. The van der Waals surface area contributed by atoms with Crippen molar-refractivity contribution in [2.45, 2.75) is 0 Å². The van der Waals surface area contributed by atoms with Crippen LogP contribution in [-0.4, -0.2) is 19.4 Å². The first-order valence-electron chi connectivity index (χ1n) is 8.91. The van der Waals surface area contributed by atoms with E-state index in [9.17, 15) is 0 Å². The highest BCUT2D eigenvalue weighted by Crippen LogP contribution is 2.30. The summed E-state index contributed by atoms with van der Waals surface area (Å²) >= 11 is 1.63. The zero-order chi connectivity index (χ0) is 18.5. The van der Waals surface area contributed by atoms with Gasteiger partial charge in [-0.05, 0) is 24.3 Å². The first kappa shape index (κ1) is 15.4. The van der Waals surface area contributed by atoms with Crippen molar-refractivity contribution in [2.24, 2.45) is 0 Å². The molecule has 4 aromatic heterocycles. The summed E-state index contributed by atoms with van der Waals surface area (Å²) in [6.07, 6.45) is 4.06. The molecule has 5 nitrogen and oxygen atoms in total. The normalized spacial score (nSPS) is 11.6. The van der Waals surface area contributed by atoms with E-state index in [0.29, 0.717) is 0 Å². The van der Waals surface area contributed by atoms with Crippen molar-refractivity contribution in [3.05, 3.63) is 78.4 Å². The predicted octanol–water partition coefficient (Wildman–Crippen LogP) is 5.87. The highest BCUT2D eigenvalue weighted by Gasteiger charge is 2.12. The third kappa shape index (κ3) is 2.46. The van der Waals surface area contributed by atoms with Gasteiger partial charge in [-0.3, -0.25) is 4.40 Å². The lowest BCUT2D eigenvalue weighted by Crippen LogP contribution is -1.78. The highest BCUT2D eigenvalue weighted by molar-refractivity contribution is 7.15. The summed E-state index contributed by atoms with van der Waals surface area (Å²) in [5.41, 5.74) is 4.92. The van der Waals surface area contributed by atoms with E-state index in [2.05, 4.69) is 27.1 Å². The van der Waals surface area contributed by atoms with Gasteiger partial charge in [0.25, 0.3) is 0 Å². The Hall–Kier alpha value is -3.64. The van der Waals surface area contributed by atoms with Crippen molar-refractivity contribution in [3.63, 3.8) is 0 Å². The lowest BCUT2D eigenvalue weighted by atomic mass is 10.1. The largest absolute Gasteiger partial charge is 0.453 e. The summed E-state index contributed by atoms with van der Waals surface area (Å²) < 4.78 is 8.06. The van der Waals surface area contributed by atoms with E-state index in [1.807, 2.05) is 70.7 Å². The average Bonchev–Trinajstić information content (AvgIpc) is 3.50. The van der Waals surface area contributed by atoms with Gasteiger partial charge in [-0.1, -0.05) is 36.4 Å². The van der Waals surface area contributed by atoms with Gasteiger partial charge in [0.2, 0.25) is 0 Å². The molecule has 6 rings (SSSR count). The van der Waals surface area contributed by atoms with Crippen LogP contribution in [-0.2, 0) is 0 Å². The molecule has 0 aliphatic carbocycles. The summed E-state index contributed by atoms with van der Waals surface area (Å²) in [7, 11) is 0. The third-order valence-electron chi connectivity index (χ3n) is 4.77. The second-order valence-corrected chi connectivity index (χ2v) is 7.44. The number of furan rings is 1. The number of hydrogen-bond acceptors (Lipinski definition) is 4. The first-order valence-corrected chi connectivity index (χ1v) is 9.79. The number of aromatic amines is 1. The second kappa shape index (κ2) is 5.94. The predicted molar refractivity (Wildman–Crippen MR) is 111 cm³/mol. The van der Waals surface area contributed by atoms with E-state index in [1.165, 1.54) is 0 Å². The Morgan fingerprint density at radius 3 is 2.68 bits per heavy atom. The van der Waals surface area contributed by atoms with Crippen LogP contribution in [0.4, 0.5) is 0 Å². The average molecular weight is 382 g/mol. The molecule has 1 N–H and O–H groups in total. The molecular formula is C22H14N4OS. The quantitative estimate of drug-likeness (QED) is 0.417. The number of nitrogens with zero attached hydrogens (tertiary/aromatic N) is 3. The van der Waals surface area contributed by atoms with Crippen LogP contribution in [0.3, 0.4) is 0 Å². The third-order valence-corrected chi connectivity index (χ3v) is 5.54. The first-order chi connectivity index (χ1) is 13.8. The number of fused-ring (bicyclic) bond motifs is 2. The fourth-order valence-electron chi connectivity index (χ4n) is 3.37. The summed E-state index contributed by atoms with van der Waals surface area (Å²) in [6, 6.07) is 20.1. The molecule has 0 atom stereocenters. The monoisotopic (exact) mass is 382 g/mol. The van der Waals surface area contributed by atoms with Crippen molar-refractivity contribution in [2.75, 3.05) is 0 Å². The summed E-state index contributed by atoms with van der Waals surface area (Å²) in [5, 5.41) is 2.03. The zero-order valence-corrected chi connectivity index (χ0v) is 15.5. The molecule has 6 aromatic rings. The molecule has 28 heavy (non-hydrogen) atoms. The lowest BCUT2D eigenvalue weighted by Gasteiger charge is -1.96. The molecule has 0 radical (unpaired) electrons. The molecule has 134 valence electrons. The summed E-state index contributed by atoms with van der Waals surface area (Å²) in [5.74, 6) is 2.27.